The minimum Gasteiger partial charge on any atom is -0.481 e. The largest absolute Gasteiger partial charge is 0.481 e. The lowest BCUT2D eigenvalue weighted by Gasteiger charge is -2.27. The van der Waals surface area contributed by atoms with E-state index in [0.717, 1.165) is 12.8 Å². The molecule has 0 bridgehead atoms. The van der Waals surface area contributed by atoms with Gasteiger partial charge in [-0.25, -0.2) is 0 Å². The van der Waals surface area contributed by atoms with Crippen molar-refractivity contribution in [2.75, 3.05) is 6.54 Å². The van der Waals surface area contributed by atoms with Crippen molar-refractivity contribution >= 4 is 24.1 Å². The SMILES string of the molecule is CCC(N)(CC)CNC(=O)C(C)Oc1cccc(C(C)=O)c1.Cl. The van der Waals surface area contributed by atoms with Crippen LogP contribution in [0.5, 0.6) is 5.75 Å². The van der Waals surface area contributed by atoms with Gasteiger partial charge in [-0.1, -0.05) is 26.0 Å². The van der Waals surface area contributed by atoms with Crippen molar-refractivity contribution in [1.29, 1.82) is 0 Å². The number of nitrogens with one attached hydrogen (secondary N) is 1. The fourth-order valence-corrected chi connectivity index (χ4v) is 1.95. The molecule has 23 heavy (non-hydrogen) atoms. The second kappa shape index (κ2) is 9.53. The van der Waals surface area contributed by atoms with Crippen LogP contribution in [0.4, 0.5) is 0 Å². The van der Waals surface area contributed by atoms with Gasteiger partial charge in [-0.15, -0.1) is 12.4 Å². The number of amides is 1. The van der Waals surface area contributed by atoms with Crippen LogP contribution in [0.15, 0.2) is 24.3 Å². The van der Waals surface area contributed by atoms with Crippen molar-refractivity contribution in [3.05, 3.63) is 29.8 Å². The molecule has 1 rings (SSSR count). The molecular formula is C17H27ClN2O3. The van der Waals surface area contributed by atoms with Gasteiger partial charge in [-0.05, 0) is 38.8 Å². The van der Waals surface area contributed by atoms with E-state index in [2.05, 4.69) is 5.32 Å². The van der Waals surface area contributed by atoms with Crippen LogP contribution in [0.25, 0.3) is 0 Å². The van der Waals surface area contributed by atoms with Crippen molar-refractivity contribution in [1.82, 2.24) is 5.32 Å². The molecule has 0 saturated heterocycles. The van der Waals surface area contributed by atoms with E-state index in [-0.39, 0.29) is 29.6 Å². The molecule has 1 amide bonds. The number of carbonyl (C=O) groups is 2. The minimum atomic E-state index is -0.653. The van der Waals surface area contributed by atoms with E-state index >= 15 is 0 Å². The van der Waals surface area contributed by atoms with Gasteiger partial charge in [0.15, 0.2) is 11.9 Å². The van der Waals surface area contributed by atoms with E-state index in [1.165, 1.54) is 6.92 Å². The van der Waals surface area contributed by atoms with Gasteiger partial charge in [-0.2, -0.15) is 0 Å². The van der Waals surface area contributed by atoms with Crippen molar-refractivity contribution in [2.45, 2.75) is 52.2 Å². The second-order valence-corrected chi connectivity index (χ2v) is 5.63. The average Bonchev–Trinajstić information content (AvgIpc) is 2.52. The Labute approximate surface area is 144 Å². The van der Waals surface area contributed by atoms with Gasteiger partial charge >= 0.3 is 0 Å². The molecule has 0 aliphatic carbocycles. The molecule has 0 spiro atoms. The highest BCUT2D eigenvalue weighted by molar-refractivity contribution is 5.94. The molecule has 0 saturated carbocycles. The summed E-state index contributed by atoms with van der Waals surface area (Å²) < 4.78 is 5.59. The minimum absolute atomic E-state index is 0. The summed E-state index contributed by atoms with van der Waals surface area (Å²) >= 11 is 0. The standard InChI is InChI=1S/C17H26N2O3.ClH/c1-5-17(18,6-2)11-19-16(21)13(4)22-15-9-7-8-14(10-15)12(3)20;/h7-10,13H,5-6,11,18H2,1-4H3,(H,19,21);1H. The molecule has 6 heteroatoms. The number of hydrogen-bond acceptors (Lipinski definition) is 4. The van der Waals surface area contributed by atoms with Gasteiger partial charge in [0.25, 0.3) is 5.91 Å². The monoisotopic (exact) mass is 342 g/mol. The average molecular weight is 343 g/mol. The predicted octanol–water partition coefficient (Wildman–Crippen LogP) is 2.71. The van der Waals surface area contributed by atoms with Gasteiger partial charge in [0.1, 0.15) is 5.75 Å². The van der Waals surface area contributed by atoms with Crippen molar-refractivity contribution in [3.8, 4) is 5.75 Å². The lowest BCUT2D eigenvalue weighted by Crippen LogP contribution is -2.51. The number of Topliss-reactive ketones (excluding diaryl/α,β-unsaturated/α-hetero) is 1. The van der Waals surface area contributed by atoms with Gasteiger partial charge in [0.05, 0.1) is 0 Å². The van der Waals surface area contributed by atoms with Crippen molar-refractivity contribution < 1.29 is 14.3 Å². The first kappa shape index (κ1) is 21.4. The summed E-state index contributed by atoms with van der Waals surface area (Å²) in [5, 5.41) is 2.83. The van der Waals surface area contributed by atoms with Crippen LogP contribution in [0, 0.1) is 0 Å². The van der Waals surface area contributed by atoms with E-state index in [4.69, 9.17) is 10.5 Å². The molecule has 0 fully saturated rings. The highest BCUT2D eigenvalue weighted by Crippen LogP contribution is 2.16. The molecule has 0 heterocycles. The Bertz CT molecular complexity index is 530. The topological polar surface area (TPSA) is 81.4 Å². The third kappa shape index (κ3) is 6.59. The van der Waals surface area contributed by atoms with E-state index < -0.39 is 6.10 Å². The van der Waals surface area contributed by atoms with E-state index in [9.17, 15) is 9.59 Å². The maximum absolute atomic E-state index is 12.1. The van der Waals surface area contributed by atoms with Gasteiger partial charge in [0, 0.05) is 17.6 Å². The summed E-state index contributed by atoms with van der Waals surface area (Å²) in [4.78, 5) is 23.4. The summed E-state index contributed by atoms with van der Waals surface area (Å²) in [6, 6.07) is 6.81. The molecule has 0 aromatic heterocycles. The zero-order valence-corrected chi connectivity index (χ0v) is 15.0. The van der Waals surface area contributed by atoms with Crippen LogP contribution in [0.3, 0.4) is 0 Å². The Morgan fingerprint density at radius 2 is 1.91 bits per heavy atom. The first-order valence-corrected chi connectivity index (χ1v) is 7.65. The van der Waals surface area contributed by atoms with Crippen LogP contribution < -0.4 is 15.8 Å². The Hall–Kier alpha value is -1.59. The first-order chi connectivity index (χ1) is 10.3. The van der Waals surface area contributed by atoms with Gasteiger partial charge in [-0.3, -0.25) is 9.59 Å². The summed E-state index contributed by atoms with van der Waals surface area (Å²) in [5.41, 5.74) is 6.33. The molecule has 3 N–H and O–H groups in total. The molecular weight excluding hydrogens is 316 g/mol. The quantitative estimate of drug-likeness (QED) is 0.712. The van der Waals surface area contributed by atoms with Crippen LogP contribution in [0.1, 0.15) is 50.9 Å². The predicted molar refractivity (Wildman–Crippen MR) is 94.3 cm³/mol. The summed E-state index contributed by atoms with van der Waals surface area (Å²) in [7, 11) is 0. The number of ether oxygens (including phenoxy) is 1. The molecule has 1 atom stereocenters. The van der Waals surface area contributed by atoms with Crippen molar-refractivity contribution in [2.24, 2.45) is 5.73 Å². The van der Waals surface area contributed by atoms with Crippen LogP contribution in [-0.4, -0.2) is 29.9 Å². The summed E-state index contributed by atoms with van der Waals surface area (Å²) in [6.07, 6.45) is 0.930. The van der Waals surface area contributed by atoms with Gasteiger partial charge < -0.3 is 15.8 Å². The third-order valence-corrected chi connectivity index (χ3v) is 3.95. The molecule has 0 radical (unpaired) electrons. The number of hydrogen-bond donors (Lipinski definition) is 2. The normalized spacial score (nSPS) is 12.0. The van der Waals surface area contributed by atoms with Crippen LogP contribution in [-0.2, 0) is 4.79 Å². The lowest BCUT2D eigenvalue weighted by molar-refractivity contribution is -0.127. The third-order valence-electron chi connectivity index (χ3n) is 3.95. The van der Waals surface area contributed by atoms with E-state index in [0.29, 0.717) is 17.9 Å². The van der Waals surface area contributed by atoms with Crippen LogP contribution >= 0.6 is 12.4 Å². The fourth-order valence-electron chi connectivity index (χ4n) is 1.95. The van der Waals surface area contributed by atoms with Crippen LogP contribution in [0.2, 0.25) is 0 Å². The molecule has 5 nitrogen and oxygen atoms in total. The highest BCUT2D eigenvalue weighted by atomic mass is 35.5. The molecule has 1 unspecified atom stereocenters. The number of nitrogens with two attached hydrogens (primary N) is 1. The molecule has 0 aliphatic heterocycles. The second-order valence-electron chi connectivity index (χ2n) is 5.63. The zero-order valence-electron chi connectivity index (χ0n) is 14.2. The molecule has 0 aliphatic rings. The lowest BCUT2D eigenvalue weighted by atomic mass is 9.94. The molecule has 1 aromatic carbocycles. The smallest absolute Gasteiger partial charge is 0.260 e. The van der Waals surface area contributed by atoms with Crippen molar-refractivity contribution in [3.63, 3.8) is 0 Å². The Balaban J connectivity index is 0.00000484. The number of carbonyl (C=O) groups excluding carboxylic acids is 2. The number of ketones is 1. The summed E-state index contributed by atoms with van der Waals surface area (Å²) in [5.74, 6) is 0.242. The zero-order chi connectivity index (χ0) is 16.8. The molecule has 130 valence electrons. The van der Waals surface area contributed by atoms with E-state index in [1.54, 1.807) is 31.2 Å². The number of halogens is 1. The fraction of sp³-hybridized carbons (Fsp3) is 0.529. The Morgan fingerprint density at radius 3 is 2.43 bits per heavy atom. The van der Waals surface area contributed by atoms with Gasteiger partial charge in [0.2, 0.25) is 0 Å². The Kier molecular flexibility index (Phi) is 8.87. The maximum atomic E-state index is 12.1. The number of rotatable bonds is 8. The van der Waals surface area contributed by atoms with E-state index in [1.807, 2.05) is 13.8 Å². The highest BCUT2D eigenvalue weighted by Gasteiger charge is 2.23. The number of benzene rings is 1. The molecule has 1 aromatic rings. The maximum Gasteiger partial charge on any atom is 0.260 e. The first-order valence-electron chi connectivity index (χ1n) is 7.65. The Morgan fingerprint density at radius 1 is 1.30 bits per heavy atom. The summed E-state index contributed by atoms with van der Waals surface area (Å²) in [6.45, 7) is 7.59.